The van der Waals surface area contributed by atoms with E-state index in [-0.39, 0.29) is 0 Å². The molecular weight excluding hydrogens is 1770 g/mol. The Labute approximate surface area is 822 Å². The molecule has 0 aliphatic carbocycles. The molecule has 9 heterocycles. The van der Waals surface area contributed by atoms with Crippen molar-refractivity contribution in [2.24, 2.45) is 0 Å². The molecular formula is C129H77N9O6. The van der Waals surface area contributed by atoms with E-state index in [4.69, 9.17) is 71.4 Å². The molecule has 0 unspecified atom stereocenters. The lowest BCUT2D eigenvalue weighted by Crippen LogP contribution is -2.00. The van der Waals surface area contributed by atoms with Crippen LogP contribution in [0.25, 0.3) is 290 Å². The maximum atomic E-state index is 6.20. The molecule has 29 aromatic rings. The lowest BCUT2D eigenvalue weighted by Gasteiger charge is -2.11. The number of furan rings is 6. The summed E-state index contributed by atoms with van der Waals surface area (Å²) in [6.45, 7) is 0. The third kappa shape index (κ3) is 15.2. The van der Waals surface area contributed by atoms with Crippen molar-refractivity contribution >= 4 is 132 Å². The first-order chi connectivity index (χ1) is 71.3. The molecule has 0 aliphatic heterocycles. The number of fused-ring (bicyclic) bond motifs is 18. The fourth-order valence-corrected chi connectivity index (χ4v) is 20.2. The van der Waals surface area contributed by atoms with Crippen LogP contribution in [0.1, 0.15) is 0 Å². The van der Waals surface area contributed by atoms with Gasteiger partial charge in [0.1, 0.15) is 67.0 Å². The Morgan fingerprint density at radius 1 is 0.104 bits per heavy atom. The van der Waals surface area contributed by atoms with Crippen LogP contribution in [0.2, 0.25) is 0 Å². The summed E-state index contributed by atoms with van der Waals surface area (Å²) in [6.07, 6.45) is 0. The monoisotopic (exact) mass is 1850 g/mol. The maximum absolute atomic E-state index is 6.20. The first-order valence-electron chi connectivity index (χ1n) is 47.7. The SMILES string of the molecule is c1ccc(-c2nc(-c3ccc(-c4cccc5oc6ccccc6c45)cc3)nc(-c3ccc(-c4cccc5oc6ccccc6c45)cc3)n2)cc1.c1ccc(-c2nc(-c3cccc(-c4cccc5oc6ccccc6c45)c3)nc(-c3cccc(-c4cccc5oc6ccccc6c45)c3)n2)cc1.c1ccc(-c2nc(-c3cccc(-c4cccc5oc6ccccc6c45)c3)nc(-c3cccc4oc5ccccc5c34)n2)cc1. The lowest BCUT2D eigenvalue weighted by atomic mass is 9.97. The smallest absolute Gasteiger partial charge is 0.164 e. The van der Waals surface area contributed by atoms with E-state index in [1.165, 1.54) is 0 Å². The summed E-state index contributed by atoms with van der Waals surface area (Å²) in [7, 11) is 0. The van der Waals surface area contributed by atoms with Gasteiger partial charge in [0.15, 0.2) is 52.4 Å². The highest BCUT2D eigenvalue weighted by atomic mass is 16.3. The zero-order valence-corrected chi connectivity index (χ0v) is 76.9. The first kappa shape index (κ1) is 83.6. The van der Waals surface area contributed by atoms with Crippen molar-refractivity contribution in [3.63, 3.8) is 0 Å². The third-order valence-electron chi connectivity index (χ3n) is 26.9. The molecule has 0 fully saturated rings. The lowest BCUT2D eigenvalue weighted by molar-refractivity contribution is 0.668. The van der Waals surface area contributed by atoms with Gasteiger partial charge in [-0.2, -0.15) is 0 Å². The van der Waals surface area contributed by atoms with E-state index in [1.807, 2.05) is 249 Å². The number of benzene rings is 20. The summed E-state index contributed by atoms with van der Waals surface area (Å²) >= 11 is 0. The average Bonchev–Trinajstić information content (AvgIpc) is 1.61. The number of hydrogen-bond donors (Lipinski definition) is 0. The number of para-hydroxylation sites is 6. The molecule has 0 aliphatic rings. The second-order valence-corrected chi connectivity index (χ2v) is 35.6. The van der Waals surface area contributed by atoms with Gasteiger partial charge in [-0.1, -0.05) is 376 Å². The van der Waals surface area contributed by atoms with E-state index in [0.717, 1.165) is 237 Å². The Morgan fingerprint density at radius 2 is 0.264 bits per heavy atom. The van der Waals surface area contributed by atoms with Gasteiger partial charge >= 0.3 is 0 Å². The Bertz CT molecular complexity index is 9720. The normalized spacial score (nSPS) is 11.6. The summed E-state index contributed by atoms with van der Waals surface area (Å²) in [4.78, 5) is 45.2. The zero-order valence-electron chi connectivity index (χ0n) is 76.9. The van der Waals surface area contributed by atoms with Crippen molar-refractivity contribution in [1.82, 2.24) is 44.9 Å². The summed E-state index contributed by atoms with van der Waals surface area (Å²) in [5.74, 6) is 5.50. The standard InChI is InChI=1S/2C45H27N3O2.C39H23N3O2/c1-2-12-28(13-3-1)43-46-44(31-16-8-14-29(26-31)33-20-10-24-39-41(33)35-18-4-6-22-37(35)49-39)48-45(47-43)32-17-9-15-30(27-32)34-21-11-25-40-42(34)36-19-5-7-23-38(36)50-40;1-2-10-30(11-3-1)43-46-44(31-24-20-28(21-25-31)33-14-8-18-39-41(33)35-12-4-6-16-37(35)49-39)48-45(47-43)32-26-22-29(23-27-32)34-15-9-19-40-42(34)36-13-5-7-17-38(36)50-40;1-2-11-24(12-3-1)37-40-38(42-39(41-37)30-18-10-22-34-36(30)29-16-5-7-20-32(29)44-34)26-14-8-13-25(23-26)27-17-9-21-33-35(27)28-15-4-6-19-31(28)43-33/h2*1-27H;1-23H. The molecule has 0 spiro atoms. The summed E-state index contributed by atoms with van der Waals surface area (Å²) in [5, 5.41) is 13.0. The highest BCUT2D eigenvalue weighted by Crippen LogP contribution is 2.47. The van der Waals surface area contributed by atoms with E-state index in [0.29, 0.717) is 52.4 Å². The molecule has 15 heteroatoms. The number of nitrogens with zero attached hydrogens (tertiary/aromatic N) is 9. The van der Waals surface area contributed by atoms with Gasteiger partial charge in [-0.15, -0.1) is 0 Å². The molecule has 0 radical (unpaired) electrons. The Hall–Kier alpha value is -19.8. The minimum absolute atomic E-state index is 0.597. The second kappa shape index (κ2) is 35.3. The van der Waals surface area contributed by atoms with Crippen molar-refractivity contribution in [3.05, 3.63) is 467 Å². The van der Waals surface area contributed by atoms with Crippen molar-refractivity contribution < 1.29 is 26.5 Å². The number of hydrogen-bond acceptors (Lipinski definition) is 15. The Kier molecular flexibility index (Phi) is 20.5. The summed E-state index contributed by atoms with van der Waals surface area (Å²) in [5.41, 5.74) is 29.5. The molecule has 0 N–H and O–H groups in total. The topological polar surface area (TPSA) is 195 Å². The van der Waals surface area contributed by atoms with Crippen LogP contribution in [0, 0.1) is 0 Å². The molecule has 674 valence electrons. The molecule has 144 heavy (non-hydrogen) atoms. The highest BCUT2D eigenvalue weighted by Gasteiger charge is 2.25. The molecule has 9 aromatic heterocycles. The predicted molar refractivity (Wildman–Crippen MR) is 579 cm³/mol. The van der Waals surface area contributed by atoms with Crippen LogP contribution < -0.4 is 0 Å². The maximum Gasteiger partial charge on any atom is 0.164 e. The predicted octanol–water partition coefficient (Wildman–Crippen LogP) is 34.3. The quantitative estimate of drug-likeness (QED) is 0.0996. The first-order valence-corrected chi connectivity index (χ1v) is 47.7. The van der Waals surface area contributed by atoms with Crippen LogP contribution in [0.15, 0.2) is 494 Å². The molecule has 0 bridgehead atoms. The largest absolute Gasteiger partial charge is 0.456 e. The Balaban J connectivity index is 0.000000108. The molecule has 0 amide bonds. The van der Waals surface area contributed by atoms with Gasteiger partial charge in [-0.3, -0.25) is 0 Å². The van der Waals surface area contributed by atoms with Gasteiger partial charge in [0.05, 0.1) is 0 Å². The van der Waals surface area contributed by atoms with Crippen LogP contribution in [0.5, 0.6) is 0 Å². The van der Waals surface area contributed by atoms with Crippen LogP contribution >= 0.6 is 0 Å². The molecule has 29 rings (SSSR count). The van der Waals surface area contributed by atoms with Crippen LogP contribution in [-0.2, 0) is 0 Å². The van der Waals surface area contributed by atoms with Crippen molar-refractivity contribution in [1.29, 1.82) is 0 Å². The van der Waals surface area contributed by atoms with Gasteiger partial charge < -0.3 is 26.5 Å². The second-order valence-electron chi connectivity index (χ2n) is 35.6. The van der Waals surface area contributed by atoms with E-state index in [1.54, 1.807) is 0 Å². The summed E-state index contributed by atoms with van der Waals surface area (Å²) < 4.78 is 37.1. The van der Waals surface area contributed by atoms with Crippen LogP contribution in [0.4, 0.5) is 0 Å². The van der Waals surface area contributed by atoms with E-state index >= 15 is 0 Å². The molecule has 20 aromatic carbocycles. The highest BCUT2D eigenvalue weighted by molar-refractivity contribution is 6.18. The number of rotatable bonds is 14. The van der Waals surface area contributed by atoms with Gasteiger partial charge in [0.25, 0.3) is 0 Å². The van der Waals surface area contributed by atoms with E-state index in [2.05, 4.69) is 218 Å². The van der Waals surface area contributed by atoms with Gasteiger partial charge in [0.2, 0.25) is 0 Å². The van der Waals surface area contributed by atoms with Crippen LogP contribution in [-0.4, -0.2) is 44.9 Å². The Morgan fingerprint density at radius 3 is 0.514 bits per heavy atom. The van der Waals surface area contributed by atoms with Gasteiger partial charge in [0, 0.05) is 115 Å². The van der Waals surface area contributed by atoms with Crippen LogP contribution in [0.3, 0.4) is 0 Å². The fraction of sp³-hybridized carbons (Fsp3) is 0. The van der Waals surface area contributed by atoms with E-state index in [9.17, 15) is 0 Å². The molecule has 15 nitrogen and oxygen atoms in total. The molecule has 0 atom stereocenters. The van der Waals surface area contributed by atoms with Crippen molar-refractivity contribution in [2.75, 3.05) is 0 Å². The average molecular weight is 1850 g/mol. The van der Waals surface area contributed by atoms with Crippen molar-refractivity contribution in [2.45, 2.75) is 0 Å². The zero-order chi connectivity index (χ0) is 95.1. The van der Waals surface area contributed by atoms with E-state index < -0.39 is 0 Å². The fourth-order valence-electron chi connectivity index (χ4n) is 20.2. The minimum atomic E-state index is 0.597. The third-order valence-corrected chi connectivity index (χ3v) is 26.9. The number of aromatic nitrogens is 9. The molecule has 0 saturated heterocycles. The van der Waals surface area contributed by atoms with Gasteiger partial charge in [-0.25, -0.2) is 44.9 Å². The van der Waals surface area contributed by atoms with Crippen molar-refractivity contribution in [3.8, 4) is 158 Å². The molecule has 0 saturated carbocycles. The summed E-state index contributed by atoms with van der Waals surface area (Å²) in [6, 6.07) is 158. The van der Waals surface area contributed by atoms with Gasteiger partial charge in [-0.05, 0) is 147 Å². The minimum Gasteiger partial charge on any atom is -0.456 e.